The van der Waals surface area contributed by atoms with E-state index in [1.807, 2.05) is 56.2 Å². The van der Waals surface area contributed by atoms with Crippen molar-refractivity contribution in [2.45, 2.75) is 134 Å². The number of piperidine rings is 3. The van der Waals surface area contributed by atoms with Gasteiger partial charge in [0, 0.05) is 149 Å². The van der Waals surface area contributed by atoms with Crippen LogP contribution in [0.1, 0.15) is 135 Å². The zero-order valence-corrected chi connectivity index (χ0v) is 72.7. The lowest BCUT2D eigenvalue weighted by molar-refractivity contribution is -0.387. The van der Waals surface area contributed by atoms with Crippen molar-refractivity contribution in [1.29, 1.82) is 0 Å². The number of piperazine rings is 1. The van der Waals surface area contributed by atoms with Gasteiger partial charge in [0.25, 0.3) is 27.3 Å². The first kappa shape index (κ1) is 96.3. The van der Waals surface area contributed by atoms with Gasteiger partial charge in [-0.05, 0) is 171 Å². The van der Waals surface area contributed by atoms with Crippen molar-refractivity contribution in [2.24, 2.45) is 56.9 Å². The monoisotopic (exact) mass is 1790 g/mol. The molecule has 0 saturated carbocycles. The Labute approximate surface area is 716 Å². The van der Waals surface area contributed by atoms with Crippen molar-refractivity contribution in [3.63, 3.8) is 0 Å². The number of carbonyl (C=O) groups excluding carboxylic acids is 4. The molecule has 41 heteroatoms. The Morgan fingerprint density at radius 3 is 1.58 bits per heavy atom. The zero-order chi connectivity index (χ0) is 90.4. The number of primary sulfonamides is 2. The largest absolute Gasteiger partial charge is 0.455 e. The lowest BCUT2D eigenvalue weighted by atomic mass is 9.72. The van der Waals surface area contributed by atoms with Gasteiger partial charge in [-0.2, -0.15) is 17.6 Å². The minimum absolute atomic E-state index is 0.0235. The SMILES string of the molecule is CC(C)C(=O)N1CCC(CN)CC1.CC(C)C(=O)N1CCC(CNc2ccc(S(=O)(=O)NC(=O)c3ccc(N4CCN(CC5=C(c6ccc(C(F)(F)F)cc6Cl)CC(C)(C)CC5)CC4)cc3Oc3cnc4[nH]ccc4c3)cc2[N+](=O)[O-])CC1.CC(C)C(=O)N1CCC(CNc2ccc(S(N)(=O)=O)cc2[N+](=O)[O-])CC1.NS(=O)(=O)c1ccc(F)c([N+](=O)[O-])c1. The van der Waals surface area contributed by atoms with Crippen LogP contribution in [0.2, 0.25) is 5.02 Å². The van der Waals surface area contributed by atoms with Crippen molar-refractivity contribution in [1.82, 2.24) is 34.3 Å². The summed E-state index contributed by atoms with van der Waals surface area (Å²) >= 11 is 6.54. The van der Waals surface area contributed by atoms with Gasteiger partial charge in [0.2, 0.25) is 43.6 Å². The quantitative estimate of drug-likeness (QED) is 0.0168. The third kappa shape index (κ3) is 26.3. The average molecular weight is 1790 g/mol. The normalized spacial score (nSPS) is 16.5. The van der Waals surface area contributed by atoms with Gasteiger partial charge < -0.3 is 45.7 Å². The molecule has 6 heterocycles. The maximum absolute atomic E-state index is 14.0. The molecule has 2 aromatic heterocycles. The van der Waals surface area contributed by atoms with E-state index in [1.54, 1.807) is 30.5 Å². The number of benzene rings is 5. The van der Waals surface area contributed by atoms with Crippen LogP contribution in [0.3, 0.4) is 0 Å². The van der Waals surface area contributed by atoms with Crippen molar-refractivity contribution in [2.75, 3.05) is 107 Å². The van der Waals surface area contributed by atoms with Gasteiger partial charge in [-0.1, -0.05) is 78.6 Å². The van der Waals surface area contributed by atoms with Crippen LogP contribution in [-0.2, 0) is 50.6 Å². The fraction of sp³-hybridized carbons (Fsp3) is 0.476. The molecule has 5 aromatic carbocycles. The molecule has 4 fully saturated rings. The fourth-order valence-electron chi connectivity index (χ4n) is 15.0. The van der Waals surface area contributed by atoms with E-state index in [1.165, 1.54) is 42.6 Å². The van der Waals surface area contributed by atoms with Crippen LogP contribution in [0.15, 0.2) is 136 Å². The topological polar surface area (TPSA) is 468 Å². The Balaban J connectivity index is 0.000000259. The molecule has 123 heavy (non-hydrogen) atoms. The Hall–Kier alpha value is -10.5. The first-order valence-electron chi connectivity index (χ1n) is 40.2. The molecule has 0 spiro atoms. The lowest BCUT2D eigenvalue weighted by Gasteiger charge is -2.39. The van der Waals surface area contributed by atoms with Gasteiger partial charge >= 0.3 is 11.9 Å². The minimum Gasteiger partial charge on any atom is -0.455 e. The summed E-state index contributed by atoms with van der Waals surface area (Å²) in [5.41, 5.74) is 7.34. The number of hydrogen-bond donors (Lipinski definition) is 7. The first-order chi connectivity index (χ1) is 57.7. The number of nitrogens with one attached hydrogen (secondary N) is 4. The fourth-order valence-corrected chi connectivity index (χ4v) is 17.3. The Morgan fingerprint density at radius 1 is 0.626 bits per heavy atom. The number of sulfonamides is 3. The van der Waals surface area contributed by atoms with Gasteiger partial charge in [-0.25, -0.2) is 45.2 Å². The molecule has 0 unspecified atom stereocenters. The summed E-state index contributed by atoms with van der Waals surface area (Å²) < 4.78 is 133. The molecule has 7 aromatic rings. The van der Waals surface area contributed by atoms with E-state index in [9.17, 15) is 92.3 Å². The number of ether oxygens (including phenoxy) is 1. The highest BCUT2D eigenvalue weighted by atomic mass is 35.5. The maximum atomic E-state index is 14.0. The van der Waals surface area contributed by atoms with Crippen LogP contribution in [-0.4, -0.2) is 185 Å². The summed E-state index contributed by atoms with van der Waals surface area (Å²) in [5, 5.41) is 50.4. The van der Waals surface area contributed by atoms with Crippen molar-refractivity contribution in [3.8, 4) is 11.5 Å². The first-order valence-corrected chi connectivity index (χ1v) is 45.1. The van der Waals surface area contributed by atoms with Crippen molar-refractivity contribution in [3.05, 3.63) is 179 Å². The van der Waals surface area contributed by atoms with Gasteiger partial charge in [0.05, 0.1) is 46.8 Å². The standard InChI is InChI=1S/C50H56ClF3N8O7S.C16H24N4O5S.C10H20N2O.C6H5FN2O4S/c1-31(2)48(64)61-17-13-32(14-18-61)28-56-43-10-7-38(26-44(43)62(65)66)70(67,68)58-47(63)40-9-6-36(25-45(40)69-37-23-33-12-16-55-46(33)57-29-37)60-21-19-59(20-22-60)30-34-11-15-49(3,4)27-41(34)39-8-5-35(24-42(39)51)50(52,53)54;1-11(2)16(21)19-7-5-12(6-8-19)10-18-14-4-3-13(26(17,24)25)9-15(14)20(22)23;1-8(2)10(13)12-5-3-9(7-11)4-6-12;7-5-2-1-4(14(8,12)13)3-6(5)9(10)11/h5-10,12,16,23-26,29,31-32,56H,11,13-15,17-22,27-28,30H2,1-4H3,(H,55,57)(H,58,63);3-4,9,11-12,18H,5-8,10H2,1-2H3,(H2,17,24,25);8-9H,3-7,11H2,1-2H3;1-3H,(H2,8,12,13). The summed E-state index contributed by atoms with van der Waals surface area (Å²) in [6.45, 7) is 24.7. The predicted octanol–water partition coefficient (Wildman–Crippen LogP) is 12.9. The maximum Gasteiger partial charge on any atom is 0.416 e. The molecule has 4 amide bonds. The van der Waals surface area contributed by atoms with Crippen LogP contribution in [0.4, 0.5) is 51.7 Å². The predicted molar refractivity (Wildman–Crippen MR) is 457 cm³/mol. The molecule has 0 bridgehead atoms. The highest BCUT2D eigenvalue weighted by Crippen LogP contribution is 2.46. The third-order valence-electron chi connectivity index (χ3n) is 22.2. The highest BCUT2D eigenvalue weighted by Gasteiger charge is 2.36. The molecule has 33 nitrogen and oxygen atoms in total. The number of anilines is 3. The summed E-state index contributed by atoms with van der Waals surface area (Å²) in [5.74, 6) is -0.222. The van der Waals surface area contributed by atoms with Crippen molar-refractivity contribution >= 4 is 116 Å². The molecular weight excluding hydrogens is 1690 g/mol. The second kappa shape index (κ2) is 41.3. The van der Waals surface area contributed by atoms with E-state index in [-0.39, 0.29) is 96.8 Å². The molecule has 12 rings (SSSR count). The van der Waals surface area contributed by atoms with E-state index in [2.05, 4.69) is 49.0 Å². The molecular formula is C82H105ClF4N16O17S3. The molecule has 0 atom stereocenters. The second-order valence-corrected chi connectivity index (χ2v) is 38.0. The number of pyridine rings is 1. The number of rotatable bonds is 24. The molecule has 4 aliphatic heterocycles. The van der Waals surface area contributed by atoms with Gasteiger partial charge in [-0.15, -0.1) is 0 Å². The number of nitro groups is 3. The number of fused-ring (bicyclic) bond motifs is 1. The van der Waals surface area contributed by atoms with Gasteiger partial charge in [0.15, 0.2) is 0 Å². The molecule has 5 aliphatic rings. The number of allylic oxidation sites excluding steroid dienone is 1. The second-order valence-electron chi connectivity index (χ2n) is 32.8. The summed E-state index contributed by atoms with van der Waals surface area (Å²) in [6, 6.07) is 21.0. The molecule has 10 N–H and O–H groups in total. The van der Waals surface area contributed by atoms with Crippen LogP contribution >= 0.6 is 11.6 Å². The molecule has 1 aliphatic carbocycles. The summed E-state index contributed by atoms with van der Waals surface area (Å²) in [7, 11) is -12.7. The average Bonchev–Trinajstić information content (AvgIpc) is 0.979. The number of carbonyl (C=O) groups is 4. The van der Waals surface area contributed by atoms with Crippen LogP contribution in [0, 0.1) is 77.1 Å². The number of halogens is 5. The summed E-state index contributed by atoms with van der Waals surface area (Å²) in [4.78, 5) is 97.6. The Kier molecular flexibility index (Phi) is 32.4. The van der Waals surface area contributed by atoms with Crippen LogP contribution in [0.25, 0.3) is 16.6 Å². The Bertz CT molecular complexity index is 5420. The smallest absolute Gasteiger partial charge is 0.416 e. The van der Waals surface area contributed by atoms with Crippen LogP contribution < -0.4 is 41.0 Å². The summed E-state index contributed by atoms with van der Waals surface area (Å²) in [6.07, 6.45) is 6.29. The number of aromatic amines is 1. The van der Waals surface area contributed by atoms with Crippen molar-refractivity contribution < 1.29 is 81.5 Å². The number of aromatic nitrogens is 2. The van der Waals surface area contributed by atoms with E-state index in [4.69, 9.17) is 32.3 Å². The van der Waals surface area contributed by atoms with Gasteiger partial charge in [-0.3, -0.25) is 54.4 Å². The van der Waals surface area contributed by atoms with E-state index < -0.39 is 89.5 Å². The number of hydrogen-bond acceptors (Lipinski definition) is 23. The molecule has 0 radical (unpaired) electrons. The number of nitro benzene ring substituents is 3. The highest BCUT2D eigenvalue weighted by molar-refractivity contribution is 7.90. The number of amides is 4. The van der Waals surface area contributed by atoms with E-state index in [0.29, 0.717) is 126 Å². The van der Waals surface area contributed by atoms with E-state index >= 15 is 0 Å². The number of alkyl halides is 3. The number of H-pyrrole nitrogens is 1. The van der Waals surface area contributed by atoms with Gasteiger partial charge in [0.1, 0.15) is 28.5 Å². The molecule has 4 saturated heterocycles. The molecule has 668 valence electrons. The lowest BCUT2D eigenvalue weighted by Crippen LogP contribution is -2.47. The number of likely N-dealkylation sites (tertiary alicyclic amines) is 3. The number of nitrogens with two attached hydrogens (primary N) is 3. The van der Waals surface area contributed by atoms with E-state index in [0.717, 1.165) is 105 Å². The Morgan fingerprint density at radius 2 is 1.11 bits per heavy atom. The third-order valence-corrected chi connectivity index (χ3v) is 25.6. The van der Waals surface area contributed by atoms with Crippen LogP contribution in [0.5, 0.6) is 11.5 Å². The number of nitrogens with zero attached hydrogens (tertiary/aromatic N) is 9. The minimum atomic E-state index is -4.65. The zero-order valence-electron chi connectivity index (χ0n) is 69.5.